The number of piperidine rings is 1. The Morgan fingerprint density at radius 3 is 2.78 bits per heavy atom. The predicted octanol–water partition coefficient (Wildman–Crippen LogP) is 1.89. The average molecular weight is 246 g/mol. The minimum Gasteiger partial charge on any atom is -0.341 e. The van der Waals surface area contributed by atoms with Crippen LogP contribution < -0.4 is 5.32 Å². The van der Waals surface area contributed by atoms with Gasteiger partial charge in [0.1, 0.15) is 0 Å². The Labute approximate surface area is 109 Å². The number of carbonyl (C=O) groups is 1. The highest BCUT2D eigenvalue weighted by Crippen LogP contribution is 2.21. The summed E-state index contributed by atoms with van der Waals surface area (Å²) in [5.41, 5.74) is 1.19. The van der Waals surface area contributed by atoms with Crippen LogP contribution in [0.1, 0.15) is 18.9 Å². The van der Waals surface area contributed by atoms with E-state index in [-0.39, 0.29) is 11.8 Å². The lowest BCUT2D eigenvalue weighted by Crippen LogP contribution is -2.43. The molecule has 1 heterocycles. The van der Waals surface area contributed by atoms with E-state index in [9.17, 15) is 4.79 Å². The van der Waals surface area contributed by atoms with E-state index in [0.717, 1.165) is 19.5 Å². The van der Waals surface area contributed by atoms with Crippen LogP contribution in [-0.2, 0) is 11.3 Å². The summed E-state index contributed by atoms with van der Waals surface area (Å²) >= 11 is 0. The molecule has 3 heteroatoms. The quantitative estimate of drug-likeness (QED) is 0.883. The van der Waals surface area contributed by atoms with Gasteiger partial charge in [-0.2, -0.15) is 0 Å². The van der Waals surface area contributed by atoms with Crippen LogP contribution in [-0.4, -0.2) is 30.9 Å². The molecule has 0 saturated carbocycles. The molecule has 1 amide bonds. The molecule has 0 spiro atoms. The lowest BCUT2D eigenvalue weighted by molar-refractivity contribution is -0.137. The lowest BCUT2D eigenvalue weighted by Gasteiger charge is -2.31. The second-order valence-corrected chi connectivity index (χ2v) is 5.26. The SMILES string of the molecule is CC1CNCCC1C(=O)N(C)Cc1ccccc1. The molecule has 0 aliphatic carbocycles. The van der Waals surface area contributed by atoms with Crippen molar-refractivity contribution in [2.75, 3.05) is 20.1 Å². The second-order valence-electron chi connectivity index (χ2n) is 5.26. The summed E-state index contributed by atoms with van der Waals surface area (Å²) < 4.78 is 0. The number of rotatable bonds is 3. The summed E-state index contributed by atoms with van der Waals surface area (Å²) in [6.45, 7) is 4.77. The second kappa shape index (κ2) is 6.01. The first-order valence-electron chi connectivity index (χ1n) is 6.68. The van der Waals surface area contributed by atoms with Crippen molar-refractivity contribution >= 4 is 5.91 Å². The first-order chi connectivity index (χ1) is 8.68. The molecule has 2 unspecified atom stereocenters. The van der Waals surface area contributed by atoms with Gasteiger partial charge in [0.15, 0.2) is 0 Å². The van der Waals surface area contributed by atoms with Crippen molar-refractivity contribution in [3.8, 4) is 0 Å². The summed E-state index contributed by atoms with van der Waals surface area (Å²) in [5, 5.41) is 3.34. The highest BCUT2D eigenvalue weighted by Gasteiger charge is 2.29. The van der Waals surface area contributed by atoms with Gasteiger partial charge in [0.25, 0.3) is 0 Å². The van der Waals surface area contributed by atoms with Crippen LogP contribution in [0.25, 0.3) is 0 Å². The number of amides is 1. The standard InChI is InChI=1S/C15H22N2O/c1-12-10-16-9-8-14(12)15(18)17(2)11-13-6-4-3-5-7-13/h3-7,12,14,16H,8-11H2,1-2H3. The molecule has 1 aromatic carbocycles. The maximum atomic E-state index is 12.4. The first kappa shape index (κ1) is 13.1. The number of hydrogen-bond donors (Lipinski definition) is 1. The number of hydrogen-bond acceptors (Lipinski definition) is 2. The van der Waals surface area contributed by atoms with Crippen molar-refractivity contribution in [3.63, 3.8) is 0 Å². The van der Waals surface area contributed by atoms with Crippen LogP contribution in [0.15, 0.2) is 30.3 Å². The van der Waals surface area contributed by atoms with Crippen molar-refractivity contribution in [2.45, 2.75) is 19.9 Å². The Hall–Kier alpha value is -1.35. The van der Waals surface area contributed by atoms with Crippen molar-refractivity contribution in [1.82, 2.24) is 10.2 Å². The number of nitrogens with one attached hydrogen (secondary N) is 1. The van der Waals surface area contributed by atoms with Gasteiger partial charge >= 0.3 is 0 Å². The Balaban J connectivity index is 1.96. The van der Waals surface area contributed by atoms with Gasteiger partial charge in [0.2, 0.25) is 5.91 Å². The zero-order valence-corrected chi connectivity index (χ0v) is 11.2. The lowest BCUT2D eigenvalue weighted by atomic mass is 9.87. The van der Waals surface area contributed by atoms with E-state index in [0.29, 0.717) is 12.5 Å². The van der Waals surface area contributed by atoms with Gasteiger partial charge in [-0.3, -0.25) is 4.79 Å². The fourth-order valence-electron chi connectivity index (χ4n) is 2.60. The molecule has 1 N–H and O–H groups in total. The van der Waals surface area contributed by atoms with Crippen LogP contribution in [0.3, 0.4) is 0 Å². The molecule has 1 fully saturated rings. The number of carbonyl (C=O) groups excluding carboxylic acids is 1. The van der Waals surface area contributed by atoms with Gasteiger partial charge in [-0.25, -0.2) is 0 Å². The number of benzene rings is 1. The van der Waals surface area contributed by atoms with Crippen LogP contribution in [0.5, 0.6) is 0 Å². The zero-order valence-electron chi connectivity index (χ0n) is 11.2. The molecular weight excluding hydrogens is 224 g/mol. The van der Waals surface area contributed by atoms with E-state index in [1.165, 1.54) is 5.56 Å². The molecule has 2 atom stereocenters. The Kier molecular flexibility index (Phi) is 4.37. The van der Waals surface area contributed by atoms with Crippen molar-refractivity contribution in [2.24, 2.45) is 11.8 Å². The fraction of sp³-hybridized carbons (Fsp3) is 0.533. The Morgan fingerprint density at radius 2 is 2.11 bits per heavy atom. The van der Waals surface area contributed by atoms with Gasteiger partial charge in [0, 0.05) is 19.5 Å². The summed E-state index contributed by atoms with van der Waals surface area (Å²) in [6, 6.07) is 10.2. The highest BCUT2D eigenvalue weighted by molar-refractivity contribution is 5.79. The molecule has 0 radical (unpaired) electrons. The molecule has 3 nitrogen and oxygen atoms in total. The van der Waals surface area contributed by atoms with Gasteiger partial charge in [0.05, 0.1) is 0 Å². The maximum absolute atomic E-state index is 12.4. The monoisotopic (exact) mass is 246 g/mol. The fourth-order valence-corrected chi connectivity index (χ4v) is 2.60. The summed E-state index contributed by atoms with van der Waals surface area (Å²) in [6.07, 6.45) is 0.957. The van der Waals surface area contributed by atoms with Crippen LogP contribution in [0, 0.1) is 11.8 Å². The zero-order chi connectivity index (χ0) is 13.0. The van der Waals surface area contributed by atoms with Gasteiger partial charge in [-0.15, -0.1) is 0 Å². The van der Waals surface area contributed by atoms with E-state index in [4.69, 9.17) is 0 Å². The topological polar surface area (TPSA) is 32.3 Å². The minimum atomic E-state index is 0.181. The van der Waals surface area contributed by atoms with Crippen molar-refractivity contribution in [3.05, 3.63) is 35.9 Å². The Morgan fingerprint density at radius 1 is 1.39 bits per heavy atom. The molecule has 1 aliphatic rings. The third kappa shape index (κ3) is 3.10. The Bertz CT molecular complexity index is 391. The van der Waals surface area contributed by atoms with Crippen molar-refractivity contribution in [1.29, 1.82) is 0 Å². The van der Waals surface area contributed by atoms with E-state index in [1.807, 2.05) is 30.1 Å². The molecule has 1 saturated heterocycles. The van der Waals surface area contributed by atoms with Crippen molar-refractivity contribution < 1.29 is 4.79 Å². The summed E-state index contributed by atoms with van der Waals surface area (Å²) in [4.78, 5) is 14.3. The smallest absolute Gasteiger partial charge is 0.226 e. The van der Waals surface area contributed by atoms with E-state index < -0.39 is 0 Å². The van der Waals surface area contributed by atoms with Gasteiger partial charge < -0.3 is 10.2 Å². The summed E-state index contributed by atoms with van der Waals surface area (Å²) in [5.74, 6) is 0.900. The van der Waals surface area contributed by atoms with Gasteiger partial charge in [-0.1, -0.05) is 37.3 Å². The summed E-state index contributed by atoms with van der Waals surface area (Å²) in [7, 11) is 1.91. The third-order valence-electron chi connectivity index (χ3n) is 3.74. The molecule has 1 aliphatic heterocycles. The van der Waals surface area contributed by atoms with Crippen LogP contribution in [0.2, 0.25) is 0 Å². The predicted molar refractivity (Wildman–Crippen MR) is 73.1 cm³/mol. The van der Waals surface area contributed by atoms with Crippen LogP contribution in [0.4, 0.5) is 0 Å². The molecular formula is C15H22N2O. The van der Waals surface area contributed by atoms with Gasteiger partial charge in [-0.05, 0) is 31.0 Å². The highest BCUT2D eigenvalue weighted by atomic mass is 16.2. The maximum Gasteiger partial charge on any atom is 0.226 e. The average Bonchev–Trinajstić information content (AvgIpc) is 2.39. The molecule has 0 bridgehead atoms. The van der Waals surface area contributed by atoms with E-state index in [1.54, 1.807) is 0 Å². The van der Waals surface area contributed by atoms with E-state index in [2.05, 4.69) is 24.4 Å². The molecule has 1 aromatic rings. The molecule has 0 aromatic heterocycles. The first-order valence-corrected chi connectivity index (χ1v) is 6.68. The largest absolute Gasteiger partial charge is 0.341 e. The molecule has 2 rings (SSSR count). The molecule has 18 heavy (non-hydrogen) atoms. The molecule has 98 valence electrons. The normalized spacial score (nSPS) is 23.7. The number of nitrogens with zero attached hydrogens (tertiary/aromatic N) is 1. The minimum absolute atomic E-state index is 0.181. The van der Waals surface area contributed by atoms with E-state index >= 15 is 0 Å². The van der Waals surface area contributed by atoms with Crippen LogP contribution >= 0.6 is 0 Å². The third-order valence-corrected chi connectivity index (χ3v) is 3.74.